The first-order valence-electron chi connectivity index (χ1n) is 11.4. The molecule has 0 radical (unpaired) electrons. The van der Waals surface area contributed by atoms with Crippen molar-refractivity contribution in [1.29, 1.82) is 0 Å². The van der Waals surface area contributed by atoms with Gasteiger partial charge in [0.05, 0.1) is 22.8 Å². The van der Waals surface area contributed by atoms with Crippen molar-refractivity contribution in [2.24, 2.45) is 0 Å². The normalized spacial score (nSPS) is 13.3. The fourth-order valence-corrected chi connectivity index (χ4v) is 4.89. The highest BCUT2D eigenvalue weighted by Gasteiger charge is 2.26. The third-order valence-electron chi connectivity index (χ3n) is 6.12. The lowest BCUT2D eigenvalue weighted by Crippen LogP contribution is -2.27. The Labute approximate surface area is 201 Å². The number of hydrogen-bond acceptors (Lipinski definition) is 5. The molecule has 1 N–H and O–H groups in total. The summed E-state index contributed by atoms with van der Waals surface area (Å²) in [5.74, 6) is 1.44. The van der Waals surface area contributed by atoms with Gasteiger partial charge in [0.2, 0.25) is 5.91 Å². The van der Waals surface area contributed by atoms with Crippen LogP contribution in [0.1, 0.15) is 30.3 Å². The Hall–Kier alpha value is -3.84. The predicted molar refractivity (Wildman–Crippen MR) is 134 cm³/mol. The summed E-state index contributed by atoms with van der Waals surface area (Å²) >= 11 is 1.68. The molecule has 1 fully saturated rings. The maximum absolute atomic E-state index is 12.9. The SMILES string of the molecule is O=C(Cn1c(-c2cccs2)cc2ccccc21)NCc1ccc(-c2cnc(C3CC3)nc2)cn1. The van der Waals surface area contributed by atoms with E-state index in [1.807, 2.05) is 48.9 Å². The number of nitrogens with one attached hydrogen (secondary N) is 1. The van der Waals surface area contributed by atoms with Gasteiger partial charge in [0.15, 0.2) is 0 Å². The number of pyridine rings is 1. The van der Waals surface area contributed by atoms with Gasteiger partial charge in [-0.05, 0) is 42.5 Å². The zero-order chi connectivity index (χ0) is 22.9. The summed E-state index contributed by atoms with van der Waals surface area (Å²) in [5.41, 5.74) is 4.84. The van der Waals surface area contributed by atoms with Crippen molar-refractivity contribution < 1.29 is 4.79 Å². The predicted octanol–water partition coefficient (Wildman–Crippen LogP) is 5.42. The maximum Gasteiger partial charge on any atom is 0.240 e. The number of rotatable bonds is 7. The maximum atomic E-state index is 12.9. The molecule has 4 heterocycles. The van der Waals surface area contributed by atoms with Gasteiger partial charge in [0.1, 0.15) is 12.4 Å². The topological polar surface area (TPSA) is 72.7 Å². The number of aromatic nitrogens is 4. The second kappa shape index (κ2) is 8.83. The summed E-state index contributed by atoms with van der Waals surface area (Å²) < 4.78 is 2.08. The molecule has 1 aliphatic rings. The standard InChI is InChI=1S/C27H23N5OS/c33-26(17-32-23-5-2-1-4-19(23)12-24(32)25-6-3-11-34-25)29-16-22-10-9-20(13-28-22)21-14-30-27(31-15-21)18-7-8-18/h1-6,9-15,18H,7-8,16-17H2,(H,29,33). The third-order valence-corrected chi connectivity index (χ3v) is 7.02. The van der Waals surface area contributed by atoms with Crippen LogP contribution in [-0.4, -0.2) is 25.4 Å². The minimum atomic E-state index is -0.0471. The van der Waals surface area contributed by atoms with Crippen LogP contribution in [0.25, 0.3) is 32.6 Å². The Bertz CT molecular complexity index is 1440. The Balaban J connectivity index is 1.13. The van der Waals surface area contributed by atoms with Crippen LogP contribution in [0.3, 0.4) is 0 Å². The molecule has 0 bridgehead atoms. The van der Waals surface area contributed by atoms with Crippen molar-refractivity contribution in [3.63, 3.8) is 0 Å². The molecular formula is C27H23N5OS. The lowest BCUT2D eigenvalue weighted by Gasteiger charge is -2.11. The van der Waals surface area contributed by atoms with Gasteiger partial charge >= 0.3 is 0 Å². The lowest BCUT2D eigenvalue weighted by molar-refractivity contribution is -0.121. The van der Waals surface area contributed by atoms with Gasteiger partial charge in [-0.1, -0.05) is 30.3 Å². The van der Waals surface area contributed by atoms with Crippen LogP contribution in [-0.2, 0) is 17.9 Å². The van der Waals surface area contributed by atoms with E-state index in [0.717, 1.165) is 44.1 Å². The summed E-state index contributed by atoms with van der Waals surface area (Å²) in [5, 5.41) is 6.20. The van der Waals surface area contributed by atoms with Gasteiger partial charge in [-0.2, -0.15) is 0 Å². The van der Waals surface area contributed by atoms with E-state index in [1.165, 1.54) is 12.8 Å². The van der Waals surface area contributed by atoms with E-state index >= 15 is 0 Å². The van der Waals surface area contributed by atoms with Crippen molar-refractivity contribution in [2.45, 2.75) is 31.8 Å². The van der Waals surface area contributed by atoms with Crippen molar-refractivity contribution >= 4 is 28.1 Å². The van der Waals surface area contributed by atoms with Gasteiger partial charge < -0.3 is 9.88 Å². The molecule has 5 aromatic rings. The van der Waals surface area contributed by atoms with Crippen LogP contribution < -0.4 is 5.32 Å². The molecule has 1 saturated carbocycles. The molecule has 1 aromatic carbocycles. The van der Waals surface area contributed by atoms with Gasteiger partial charge in [-0.3, -0.25) is 9.78 Å². The molecule has 0 spiro atoms. The summed E-state index contributed by atoms with van der Waals surface area (Å²) in [7, 11) is 0. The second-order valence-corrected chi connectivity index (χ2v) is 9.52. The van der Waals surface area contributed by atoms with Crippen LogP contribution in [0.5, 0.6) is 0 Å². The van der Waals surface area contributed by atoms with Crippen LogP contribution in [0.2, 0.25) is 0 Å². The average Bonchev–Trinajstić information content (AvgIpc) is 3.47. The van der Waals surface area contributed by atoms with Gasteiger partial charge in [0, 0.05) is 46.5 Å². The van der Waals surface area contributed by atoms with Gasteiger partial charge in [-0.15, -0.1) is 11.3 Å². The molecule has 0 saturated heterocycles. The molecule has 168 valence electrons. The van der Waals surface area contributed by atoms with E-state index < -0.39 is 0 Å². The molecule has 0 aliphatic heterocycles. The van der Waals surface area contributed by atoms with Gasteiger partial charge in [-0.25, -0.2) is 9.97 Å². The zero-order valence-electron chi connectivity index (χ0n) is 18.5. The number of thiophene rings is 1. The molecule has 4 aromatic heterocycles. The second-order valence-electron chi connectivity index (χ2n) is 8.57. The molecule has 1 amide bonds. The number of carbonyl (C=O) groups excluding carboxylic acids is 1. The average molecular weight is 466 g/mol. The fourth-order valence-electron chi connectivity index (χ4n) is 4.14. The van der Waals surface area contributed by atoms with E-state index in [4.69, 9.17) is 0 Å². The molecule has 6 rings (SSSR count). The third kappa shape index (κ3) is 4.22. The number of fused-ring (bicyclic) bond motifs is 1. The lowest BCUT2D eigenvalue weighted by atomic mass is 10.1. The van der Waals surface area contributed by atoms with E-state index in [-0.39, 0.29) is 12.5 Å². The smallest absolute Gasteiger partial charge is 0.240 e. The van der Waals surface area contributed by atoms with Crippen molar-refractivity contribution in [1.82, 2.24) is 24.8 Å². The minimum absolute atomic E-state index is 0.0471. The monoisotopic (exact) mass is 465 g/mol. The van der Waals surface area contributed by atoms with E-state index in [2.05, 4.69) is 54.5 Å². The number of benzene rings is 1. The molecule has 6 nitrogen and oxygen atoms in total. The number of amides is 1. The van der Waals surface area contributed by atoms with Gasteiger partial charge in [0.25, 0.3) is 0 Å². The summed E-state index contributed by atoms with van der Waals surface area (Å²) in [6.45, 7) is 0.632. The van der Waals surface area contributed by atoms with Crippen LogP contribution in [0.4, 0.5) is 0 Å². The number of hydrogen-bond donors (Lipinski definition) is 1. The summed E-state index contributed by atoms with van der Waals surface area (Å²) in [4.78, 5) is 27.5. The van der Waals surface area contributed by atoms with Crippen LogP contribution in [0.15, 0.2) is 78.6 Å². The molecule has 0 atom stereocenters. The first-order valence-corrected chi connectivity index (χ1v) is 12.3. The van der Waals surface area contributed by atoms with Crippen molar-refractivity contribution in [2.75, 3.05) is 0 Å². The minimum Gasteiger partial charge on any atom is -0.349 e. The van der Waals surface area contributed by atoms with Crippen molar-refractivity contribution in [3.05, 3.63) is 90.1 Å². The zero-order valence-corrected chi connectivity index (χ0v) is 19.3. The van der Waals surface area contributed by atoms with E-state index in [0.29, 0.717) is 12.5 Å². The van der Waals surface area contributed by atoms with E-state index in [9.17, 15) is 4.79 Å². The Kier molecular flexibility index (Phi) is 5.39. The Morgan fingerprint density at radius 2 is 1.79 bits per heavy atom. The van der Waals surface area contributed by atoms with E-state index in [1.54, 1.807) is 11.3 Å². The Morgan fingerprint density at radius 3 is 2.53 bits per heavy atom. The fraction of sp³-hybridized carbons (Fsp3) is 0.185. The summed E-state index contributed by atoms with van der Waals surface area (Å²) in [6, 6.07) is 18.4. The first kappa shape index (κ1) is 20.7. The largest absolute Gasteiger partial charge is 0.349 e. The number of para-hydroxylation sites is 1. The molecule has 1 aliphatic carbocycles. The quantitative estimate of drug-likeness (QED) is 0.349. The van der Waals surface area contributed by atoms with Crippen LogP contribution >= 0.6 is 11.3 Å². The van der Waals surface area contributed by atoms with Crippen LogP contribution in [0, 0.1) is 0 Å². The first-order chi connectivity index (χ1) is 16.7. The highest BCUT2D eigenvalue weighted by Crippen LogP contribution is 2.38. The Morgan fingerprint density at radius 1 is 0.971 bits per heavy atom. The number of nitrogens with zero attached hydrogens (tertiary/aromatic N) is 4. The summed E-state index contributed by atoms with van der Waals surface area (Å²) in [6.07, 6.45) is 7.93. The molecular weight excluding hydrogens is 442 g/mol. The number of carbonyl (C=O) groups is 1. The van der Waals surface area contributed by atoms with Crippen molar-refractivity contribution in [3.8, 4) is 21.7 Å². The molecule has 0 unspecified atom stereocenters. The highest BCUT2D eigenvalue weighted by molar-refractivity contribution is 7.13. The molecule has 34 heavy (non-hydrogen) atoms. The molecule has 7 heteroatoms. The highest BCUT2D eigenvalue weighted by atomic mass is 32.1.